The number of rotatable bonds is 2. The Morgan fingerprint density at radius 1 is 1.47 bits per heavy atom. The molecule has 0 aliphatic carbocycles. The summed E-state index contributed by atoms with van der Waals surface area (Å²) < 4.78 is 0. The summed E-state index contributed by atoms with van der Waals surface area (Å²) in [6.07, 6.45) is 1.13. The fourth-order valence-corrected chi connectivity index (χ4v) is 2.29. The molecule has 1 saturated heterocycles. The van der Waals surface area contributed by atoms with Gasteiger partial charge in [-0.1, -0.05) is 13.8 Å². The van der Waals surface area contributed by atoms with Crippen LogP contribution in [0, 0.1) is 5.41 Å². The Balaban J connectivity index is 2.26. The number of hydrogen-bond donors (Lipinski definition) is 2. The van der Waals surface area contributed by atoms with Crippen molar-refractivity contribution in [3.8, 4) is 0 Å². The van der Waals surface area contributed by atoms with Gasteiger partial charge in [0.25, 0.3) is 0 Å². The first-order chi connectivity index (χ1) is 7.89. The lowest BCUT2D eigenvalue weighted by molar-refractivity contribution is 0.0697. The maximum atomic E-state index is 10.8. The Labute approximate surface area is 101 Å². The molecule has 2 rings (SSSR count). The van der Waals surface area contributed by atoms with Gasteiger partial charge in [0.1, 0.15) is 0 Å². The number of nitrogens with two attached hydrogens (primary N) is 1. The topological polar surface area (TPSA) is 66.6 Å². The smallest absolute Gasteiger partial charge is 0.335 e. The lowest BCUT2D eigenvalue weighted by Crippen LogP contribution is -2.23. The highest BCUT2D eigenvalue weighted by atomic mass is 16.4. The van der Waals surface area contributed by atoms with Crippen molar-refractivity contribution in [2.45, 2.75) is 20.3 Å². The molecule has 4 nitrogen and oxygen atoms in total. The number of anilines is 2. The van der Waals surface area contributed by atoms with Crippen LogP contribution in [-0.2, 0) is 0 Å². The van der Waals surface area contributed by atoms with E-state index in [4.69, 9.17) is 10.8 Å². The van der Waals surface area contributed by atoms with Crippen LogP contribution >= 0.6 is 0 Å². The molecule has 1 fully saturated rings. The third-order valence-electron chi connectivity index (χ3n) is 3.29. The van der Waals surface area contributed by atoms with E-state index in [1.165, 1.54) is 6.07 Å². The van der Waals surface area contributed by atoms with Crippen molar-refractivity contribution in [1.29, 1.82) is 0 Å². The molecule has 4 heteroatoms. The second-order valence-electron chi connectivity index (χ2n) is 5.41. The summed E-state index contributed by atoms with van der Waals surface area (Å²) in [6.45, 7) is 6.40. The summed E-state index contributed by atoms with van der Waals surface area (Å²) in [5.41, 5.74) is 7.96. The number of aromatic carboxylic acids is 1. The molecule has 0 amide bonds. The van der Waals surface area contributed by atoms with Gasteiger partial charge in [0.2, 0.25) is 0 Å². The van der Waals surface area contributed by atoms with Gasteiger partial charge in [-0.15, -0.1) is 0 Å². The number of carboxylic acid groups (broad SMARTS) is 1. The first kappa shape index (κ1) is 11.8. The molecule has 1 aromatic carbocycles. The van der Waals surface area contributed by atoms with Gasteiger partial charge < -0.3 is 15.7 Å². The first-order valence-electron chi connectivity index (χ1n) is 5.77. The number of carbonyl (C=O) groups is 1. The summed E-state index contributed by atoms with van der Waals surface area (Å²) in [6, 6.07) is 4.95. The highest BCUT2D eigenvalue weighted by molar-refractivity contribution is 5.90. The number of nitrogens with zero attached hydrogens (tertiary/aromatic N) is 1. The van der Waals surface area contributed by atoms with E-state index in [1.807, 2.05) is 0 Å². The van der Waals surface area contributed by atoms with Crippen LogP contribution in [0.25, 0.3) is 0 Å². The maximum Gasteiger partial charge on any atom is 0.335 e. The molecule has 0 saturated carbocycles. The number of carboxylic acids is 1. The number of hydrogen-bond acceptors (Lipinski definition) is 3. The minimum absolute atomic E-state index is 0.240. The molecule has 0 aromatic heterocycles. The fourth-order valence-electron chi connectivity index (χ4n) is 2.29. The van der Waals surface area contributed by atoms with Crippen LogP contribution < -0.4 is 10.6 Å². The second kappa shape index (κ2) is 3.95. The zero-order valence-corrected chi connectivity index (χ0v) is 10.2. The molecule has 0 atom stereocenters. The fraction of sp³-hybridized carbons (Fsp3) is 0.462. The summed E-state index contributed by atoms with van der Waals surface area (Å²) in [5, 5.41) is 8.88. The Morgan fingerprint density at radius 2 is 2.18 bits per heavy atom. The van der Waals surface area contributed by atoms with Crippen molar-refractivity contribution in [2.75, 3.05) is 23.7 Å². The van der Waals surface area contributed by atoms with Crippen LogP contribution in [0.5, 0.6) is 0 Å². The molecular formula is C13H18N2O2. The summed E-state index contributed by atoms with van der Waals surface area (Å²) >= 11 is 0. The second-order valence-corrected chi connectivity index (χ2v) is 5.41. The minimum atomic E-state index is -0.940. The van der Waals surface area contributed by atoms with E-state index in [9.17, 15) is 4.79 Å². The zero-order chi connectivity index (χ0) is 12.6. The standard InChI is InChI=1S/C13H18N2O2/c1-13(2)5-6-15(8-13)11-4-3-9(12(16)17)7-10(11)14/h3-4,7H,5-6,8,14H2,1-2H3,(H,16,17). The predicted octanol–water partition coefficient (Wildman–Crippen LogP) is 2.20. The molecule has 3 N–H and O–H groups in total. The molecule has 17 heavy (non-hydrogen) atoms. The SMILES string of the molecule is CC1(C)CCN(c2ccc(C(=O)O)cc2N)C1. The maximum absolute atomic E-state index is 10.8. The Hall–Kier alpha value is -1.71. The van der Waals surface area contributed by atoms with Crippen molar-refractivity contribution in [3.05, 3.63) is 23.8 Å². The van der Waals surface area contributed by atoms with E-state index in [0.29, 0.717) is 11.1 Å². The average molecular weight is 234 g/mol. The van der Waals surface area contributed by atoms with E-state index in [2.05, 4.69) is 18.7 Å². The van der Waals surface area contributed by atoms with Gasteiger partial charge in [-0.3, -0.25) is 0 Å². The minimum Gasteiger partial charge on any atom is -0.478 e. The molecule has 1 aliphatic rings. The lowest BCUT2D eigenvalue weighted by Gasteiger charge is -2.23. The lowest BCUT2D eigenvalue weighted by atomic mass is 9.93. The molecule has 0 radical (unpaired) electrons. The van der Waals surface area contributed by atoms with E-state index in [0.717, 1.165) is 25.2 Å². The van der Waals surface area contributed by atoms with Crippen molar-refractivity contribution < 1.29 is 9.90 Å². The average Bonchev–Trinajstić information content (AvgIpc) is 2.58. The number of benzene rings is 1. The highest BCUT2D eigenvalue weighted by Gasteiger charge is 2.30. The molecule has 0 unspecified atom stereocenters. The van der Waals surface area contributed by atoms with Crippen molar-refractivity contribution in [3.63, 3.8) is 0 Å². The van der Waals surface area contributed by atoms with Crippen LogP contribution in [0.4, 0.5) is 11.4 Å². The largest absolute Gasteiger partial charge is 0.478 e. The summed E-state index contributed by atoms with van der Waals surface area (Å²) in [5.74, 6) is -0.940. The van der Waals surface area contributed by atoms with Gasteiger partial charge >= 0.3 is 5.97 Å². The molecule has 1 heterocycles. The Kier molecular flexibility index (Phi) is 2.73. The van der Waals surface area contributed by atoms with Gasteiger partial charge in [0.05, 0.1) is 16.9 Å². The molecule has 92 valence electrons. The highest BCUT2D eigenvalue weighted by Crippen LogP contribution is 2.35. The van der Waals surface area contributed by atoms with E-state index < -0.39 is 5.97 Å². The first-order valence-corrected chi connectivity index (χ1v) is 5.77. The summed E-state index contributed by atoms with van der Waals surface area (Å²) in [4.78, 5) is 13.0. The van der Waals surface area contributed by atoms with Gasteiger partial charge in [0, 0.05) is 13.1 Å². The van der Waals surface area contributed by atoms with Crippen LogP contribution in [0.15, 0.2) is 18.2 Å². The van der Waals surface area contributed by atoms with Gasteiger partial charge in [-0.05, 0) is 30.0 Å². The van der Waals surface area contributed by atoms with Crippen molar-refractivity contribution in [2.24, 2.45) is 5.41 Å². The monoisotopic (exact) mass is 234 g/mol. The quantitative estimate of drug-likeness (QED) is 0.770. The van der Waals surface area contributed by atoms with Crippen LogP contribution in [0.1, 0.15) is 30.6 Å². The van der Waals surface area contributed by atoms with E-state index in [-0.39, 0.29) is 5.56 Å². The van der Waals surface area contributed by atoms with Crippen molar-refractivity contribution >= 4 is 17.3 Å². The molecule has 0 bridgehead atoms. The Bertz CT molecular complexity index is 455. The zero-order valence-electron chi connectivity index (χ0n) is 10.2. The normalized spacial score (nSPS) is 18.4. The van der Waals surface area contributed by atoms with E-state index >= 15 is 0 Å². The number of nitrogen functional groups attached to an aromatic ring is 1. The third kappa shape index (κ3) is 2.35. The molecule has 1 aromatic rings. The molecular weight excluding hydrogens is 216 g/mol. The van der Waals surface area contributed by atoms with Crippen LogP contribution in [0.2, 0.25) is 0 Å². The van der Waals surface area contributed by atoms with Gasteiger partial charge in [0.15, 0.2) is 0 Å². The molecule has 1 aliphatic heterocycles. The van der Waals surface area contributed by atoms with Gasteiger partial charge in [-0.2, -0.15) is 0 Å². The van der Waals surface area contributed by atoms with Gasteiger partial charge in [-0.25, -0.2) is 4.79 Å². The predicted molar refractivity (Wildman–Crippen MR) is 68.4 cm³/mol. The third-order valence-corrected chi connectivity index (χ3v) is 3.29. The summed E-state index contributed by atoms with van der Waals surface area (Å²) in [7, 11) is 0. The molecule has 0 spiro atoms. The Morgan fingerprint density at radius 3 is 2.65 bits per heavy atom. The van der Waals surface area contributed by atoms with Crippen LogP contribution in [-0.4, -0.2) is 24.2 Å². The van der Waals surface area contributed by atoms with Crippen molar-refractivity contribution in [1.82, 2.24) is 0 Å². The van der Waals surface area contributed by atoms with Crippen LogP contribution in [0.3, 0.4) is 0 Å². The van der Waals surface area contributed by atoms with E-state index in [1.54, 1.807) is 12.1 Å².